The number of amides is 1. The Kier molecular flexibility index (Phi) is 6.82. The molecule has 0 bridgehead atoms. The zero-order chi connectivity index (χ0) is 24.3. The normalized spacial score (nSPS) is 19.1. The number of rotatable bonds is 6. The lowest BCUT2D eigenvalue weighted by atomic mass is 9.76. The summed E-state index contributed by atoms with van der Waals surface area (Å²) in [5, 5.41) is 3.46. The van der Waals surface area contributed by atoms with Gasteiger partial charge in [-0.05, 0) is 91.1 Å². The molecule has 0 radical (unpaired) electrons. The zero-order valence-electron chi connectivity index (χ0n) is 20.2. The van der Waals surface area contributed by atoms with E-state index >= 15 is 0 Å². The number of nitrogens with one attached hydrogen (secondary N) is 1. The van der Waals surface area contributed by atoms with Gasteiger partial charge in [0.15, 0.2) is 0 Å². The number of piperidine rings is 1. The Hall–Kier alpha value is -3.25. The number of likely N-dealkylation sites (tertiary alicyclic amines) is 1. The van der Waals surface area contributed by atoms with Gasteiger partial charge in [-0.1, -0.05) is 18.2 Å². The number of halogens is 1. The third kappa shape index (κ3) is 5.54. The van der Waals surface area contributed by atoms with Crippen LogP contribution >= 0.6 is 0 Å². The Labute approximate surface area is 206 Å². The van der Waals surface area contributed by atoms with E-state index in [4.69, 9.17) is 4.74 Å². The van der Waals surface area contributed by atoms with Gasteiger partial charge in [-0.15, -0.1) is 0 Å². The number of ether oxygens (including phenoxy) is 1. The molecule has 0 aliphatic carbocycles. The zero-order valence-corrected chi connectivity index (χ0v) is 20.2. The van der Waals surface area contributed by atoms with Crippen LogP contribution in [0.25, 0.3) is 0 Å². The second-order valence-electron chi connectivity index (χ2n) is 10.0. The molecule has 5 nitrogen and oxygen atoms in total. The van der Waals surface area contributed by atoms with E-state index in [-0.39, 0.29) is 23.2 Å². The summed E-state index contributed by atoms with van der Waals surface area (Å²) in [7, 11) is 0. The Balaban J connectivity index is 1.17. The first kappa shape index (κ1) is 23.5. The summed E-state index contributed by atoms with van der Waals surface area (Å²) in [5.74, 6) is -0.115. The third-order valence-corrected chi connectivity index (χ3v) is 7.47. The lowest BCUT2D eigenvalue weighted by molar-refractivity contribution is 0.0496. The molecule has 5 rings (SSSR count). The summed E-state index contributed by atoms with van der Waals surface area (Å²) < 4.78 is 19.7. The second kappa shape index (κ2) is 10.2. The van der Waals surface area contributed by atoms with Crippen molar-refractivity contribution in [3.8, 4) is 0 Å². The number of anilines is 1. The molecule has 1 amide bonds. The summed E-state index contributed by atoms with van der Waals surface area (Å²) in [6.07, 6.45) is 7.28. The molecule has 182 valence electrons. The van der Waals surface area contributed by atoms with Crippen molar-refractivity contribution in [2.45, 2.75) is 45.3 Å². The maximum atomic E-state index is 13.5. The fourth-order valence-electron chi connectivity index (χ4n) is 5.31. The van der Waals surface area contributed by atoms with E-state index in [1.54, 1.807) is 24.5 Å². The average molecular weight is 474 g/mol. The van der Waals surface area contributed by atoms with Crippen LogP contribution in [0.2, 0.25) is 0 Å². The van der Waals surface area contributed by atoms with Gasteiger partial charge in [0.25, 0.3) is 5.91 Å². The first-order valence-electron chi connectivity index (χ1n) is 12.4. The van der Waals surface area contributed by atoms with E-state index < -0.39 is 0 Å². The molecule has 2 fully saturated rings. The van der Waals surface area contributed by atoms with Crippen LogP contribution in [0, 0.1) is 18.2 Å². The van der Waals surface area contributed by atoms with Crippen molar-refractivity contribution >= 4 is 11.6 Å². The number of hydrogen-bond acceptors (Lipinski definition) is 4. The van der Waals surface area contributed by atoms with Crippen molar-refractivity contribution < 1.29 is 13.9 Å². The molecular weight excluding hydrogens is 441 g/mol. The molecule has 1 spiro atoms. The van der Waals surface area contributed by atoms with Crippen LogP contribution in [0.5, 0.6) is 0 Å². The lowest BCUT2D eigenvalue weighted by Gasteiger charge is -2.38. The van der Waals surface area contributed by atoms with Gasteiger partial charge in [-0.25, -0.2) is 4.39 Å². The fourth-order valence-corrected chi connectivity index (χ4v) is 5.31. The van der Waals surface area contributed by atoms with Gasteiger partial charge >= 0.3 is 0 Å². The number of benzene rings is 2. The molecule has 0 unspecified atom stereocenters. The predicted octanol–water partition coefficient (Wildman–Crippen LogP) is 5.40. The molecule has 2 aromatic carbocycles. The average Bonchev–Trinajstić information content (AvgIpc) is 3.26. The van der Waals surface area contributed by atoms with E-state index in [9.17, 15) is 9.18 Å². The van der Waals surface area contributed by atoms with Crippen molar-refractivity contribution in [1.29, 1.82) is 0 Å². The number of pyridine rings is 1. The van der Waals surface area contributed by atoms with Crippen LogP contribution in [-0.4, -0.2) is 41.6 Å². The largest absolute Gasteiger partial charge is 0.381 e. The number of nitrogens with zero attached hydrogens (tertiary/aromatic N) is 2. The van der Waals surface area contributed by atoms with Crippen LogP contribution in [0.3, 0.4) is 0 Å². The van der Waals surface area contributed by atoms with Crippen LogP contribution in [0.4, 0.5) is 10.1 Å². The minimum absolute atomic E-state index is 0.0852. The minimum atomic E-state index is -0.200. The van der Waals surface area contributed by atoms with E-state index in [1.807, 2.05) is 48.2 Å². The molecule has 0 saturated carbocycles. The van der Waals surface area contributed by atoms with Crippen molar-refractivity contribution in [2.24, 2.45) is 5.41 Å². The number of aryl methyl sites for hydroxylation is 1. The lowest BCUT2D eigenvalue weighted by Crippen LogP contribution is -2.43. The Morgan fingerprint density at radius 1 is 1.11 bits per heavy atom. The number of carbonyl (C=O) groups excluding carboxylic acids is 1. The Morgan fingerprint density at radius 3 is 2.69 bits per heavy atom. The monoisotopic (exact) mass is 473 g/mol. The van der Waals surface area contributed by atoms with Crippen molar-refractivity contribution in [1.82, 2.24) is 9.88 Å². The highest BCUT2D eigenvalue weighted by Crippen LogP contribution is 2.43. The highest BCUT2D eigenvalue weighted by Gasteiger charge is 2.43. The van der Waals surface area contributed by atoms with Crippen LogP contribution in [-0.2, 0) is 17.7 Å². The molecule has 35 heavy (non-hydrogen) atoms. The molecule has 2 aliphatic heterocycles. The number of hydrogen-bond donors (Lipinski definition) is 1. The quantitative estimate of drug-likeness (QED) is 0.521. The Morgan fingerprint density at radius 2 is 1.91 bits per heavy atom. The van der Waals surface area contributed by atoms with Gasteiger partial charge in [0.2, 0.25) is 0 Å². The van der Waals surface area contributed by atoms with Gasteiger partial charge in [0, 0.05) is 43.3 Å². The van der Waals surface area contributed by atoms with Crippen molar-refractivity contribution in [3.05, 3.63) is 95.1 Å². The molecule has 3 aromatic rings. The summed E-state index contributed by atoms with van der Waals surface area (Å²) in [6.45, 7) is 4.94. The van der Waals surface area contributed by atoms with Crippen molar-refractivity contribution in [3.63, 3.8) is 0 Å². The van der Waals surface area contributed by atoms with E-state index in [0.717, 1.165) is 73.3 Å². The highest BCUT2D eigenvalue weighted by atomic mass is 19.1. The maximum absolute atomic E-state index is 13.5. The van der Waals surface area contributed by atoms with Gasteiger partial charge in [0.1, 0.15) is 5.82 Å². The van der Waals surface area contributed by atoms with E-state index in [0.29, 0.717) is 6.54 Å². The summed E-state index contributed by atoms with van der Waals surface area (Å²) in [4.78, 5) is 19.3. The predicted molar refractivity (Wildman–Crippen MR) is 135 cm³/mol. The van der Waals surface area contributed by atoms with Crippen molar-refractivity contribution in [2.75, 3.05) is 25.0 Å². The van der Waals surface area contributed by atoms with Gasteiger partial charge < -0.3 is 15.0 Å². The third-order valence-electron chi connectivity index (χ3n) is 7.47. The molecule has 1 aromatic heterocycles. The first-order chi connectivity index (χ1) is 17.0. The van der Waals surface area contributed by atoms with E-state index in [1.165, 1.54) is 6.07 Å². The number of aromatic nitrogens is 1. The molecule has 3 heterocycles. The molecule has 2 saturated heterocycles. The van der Waals surface area contributed by atoms with Crippen LogP contribution in [0.1, 0.15) is 46.3 Å². The molecular formula is C29H32FN3O2. The number of carbonyl (C=O) groups is 1. The molecule has 1 atom stereocenters. The van der Waals surface area contributed by atoms with Gasteiger partial charge in [-0.3, -0.25) is 9.78 Å². The standard InChI is InChI=1S/C29H32FN3O2/c1-21-5-6-24(17-27(21)32-19-22-7-11-31-12-8-22)28(34)33-13-9-29(10-14-33)18-26(35-20-29)16-23-3-2-4-25(30)15-23/h2-8,11-12,15,17,26,32H,9-10,13-14,16,18-20H2,1H3/t26-/m1/s1. The Bertz CT molecular complexity index is 1180. The first-order valence-corrected chi connectivity index (χ1v) is 12.4. The van der Waals surface area contributed by atoms with E-state index in [2.05, 4.69) is 10.3 Å². The highest BCUT2D eigenvalue weighted by molar-refractivity contribution is 5.95. The smallest absolute Gasteiger partial charge is 0.253 e. The van der Waals surface area contributed by atoms with Crippen LogP contribution < -0.4 is 5.32 Å². The molecule has 1 N–H and O–H groups in total. The fraction of sp³-hybridized carbons (Fsp3) is 0.379. The second-order valence-corrected chi connectivity index (χ2v) is 10.0. The summed E-state index contributed by atoms with van der Waals surface area (Å²) >= 11 is 0. The molecule has 2 aliphatic rings. The summed E-state index contributed by atoms with van der Waals surface area (Å²) in [5.41, 5.74) is 5.06. The van der Waals surface area contributed by atoms with Gasteiger partial charge in [0.05, 0.1) is 12.7 Å². The minimum Gasteiger partial charge on any atom is -0.381 e. The van der Waals surface area contributed by atoms with Gasteiger partial charge in [-0.2, -0.15) is 0 Å². The summed E-state index contributed by atoms with van der Waals surface area (Å²) in [6, 6.07) is 16.6. The topological polar surface area (TPSA) is 54.5 Å². The SMILES string of the molecule is Cc1ccc(C(=O)N2CCC3(CC2)CO[C@H](Cc2cccc(F)c2)C3)cc1NCc1ccncc1. The molecule has 6 heteroatoms. The van der Waals surface area contributed by atoms with Crippen LogP contribution in [0.15, 0.2) is 67.0 Å². The maximum Gasteiger partial charge on any atom is 0.253 e.